The molecule has 0 saturated heterocycles. The zero-order chi connectivity index (χ0) is 21.9. The summed E-state index contributed by atoms with van der Waals surface area (Å²) in [6, 6.07) is 24.6. The van der Waals surface area contributed by atoms with Gasteiger partial charge in [0.1, 0.15) is 24.7 Å². The van der Waals surface area contributed by atoms with E-state index >= 15 is 0 Å². The van der Waals surface area contributed by atoms with Crippen molar-refractivity contribution in [1.82, 2.24) is 0 Å². The molecule has 0 fully saturated rings. The molecule has 0 spiro atoms. The fourth-order valence-electron chi connectivity index (χ4n) is 3.73. The first kappa shape index (κ1) is 20.3. The van der Waals surface area contributed by atoms with Crippen molar-refractivity contribution in [3.8, 4) is 33.4 Å². The van der Waals surface area contributed by atoms with Crippen LogP contribution >= 0.6 is 11.3 Å². The van der Waals surface area contributed by atoms with E-state index in [0.717, 1.165) is 50.5 Å². The monoisotopic (exact) mass is 445 g/mol. The molecule has 3 aromatic carbocycles. The fraction of sp³-hybridized carbons (Fsp3) is 0.154. The molecule has 1 aliphatic heterocycles. The number of rotatable bonds is 6. The zero-order valence-electron chi connectivity index (χ0n) is 17.9. The van der Waals surface area contributed by atoms with Crippen molar-refractivity contribution >= 4 is 28.4 Å². The molecule has 0 atom stereocenters. The SMILES string of the molecule is COc1ccc(N(c2ccc(OC)cc2)c2ccc(-c3scc4c3OCCO4)cc2)cc1. The fourth-order valence-corrected chi connectivity index (χ4v) is 4.67. The molecule has 1 aromatic heterocycles. The van der Waals surface area contributed by atoms with Gasteiger partial charge >= 0.3 is 0 Å². The first-order valence-corrected chi connectivity index (χ1v) is 11.2. The number of hydrogen-bond acceptors (Lipinski definition) is 6. The van der Waals surface area contributed by atoms with Crippen molar-refractivity contribution in [2.24, 2.45) is 0 Å². The van der Waals surface area contributed by atoms with Crippen LogP contribution in [0.25, 0.3) is 10.4 Å². The molecule has 2 heterocycles. The van der Waals surface area contributed by atoms with Gasteiger partial charge in [0, 0.05) is 22.4 Å². The molecule has 0 unspecified atom stereocenters. The van der Waals surface area contributed by atoms with Crippen LogP contribution in [0.4, 0.5) is 17.1 Å². The van der Waals surface area contributed by atoms with Crippen LogP contribution in [0.1, 0.15) is 0 Å². The molecular weight excluding hydrogens is 422 g/mol. The van der Waals surface area contributed by atoms with E-state index in [-0.39, 0.29) is 0 Å². The molecule has 4 aromatic rings. The maximum absolute atomic E-state index is 5.86. The second kappa shape index (κ2) is 8.85. The van der Waals surface area contributed by atoms with E-state index < -0.39 is 0 Å². The Kier molecular flexibility index (Phi) is 5.60. The van der Waals surface area contributed by atoms with Crippen LogP contribution in [-0.4, -0.2) is 27.4 Å². The highest BCUT2D eigenvalue weighted by molar-refractivity contribution is 7.14. The Hall–Kier alpha value is -3.64. The van der Waals surface area contributed by atoms with Crippen LogP contribution in [0.15, 0.2) is 78.2 Å². The number of anilines is 3. The first-order chi connectivity index (χ1) is 15.8. The largest absolute Gasteiger partial charge is 0.497 e. The molecule has 0 N–H and O–H groups in total. The summed E-state index contributed by atoms with van der Waals surface area (Å²) in [6.45, 7) is 1.18. The summed E-state index contributed by atoms with van der Waals surface area (Å²) in [5, 5.41) is 2.01. The van der Waals surface area contributed by atoms with Crippen molar-refractivity contribution in [3.63, 3.8) is 0 Å². The van der Waals surface area contributed by atoms with Gasteiger partial charge in [-0.3, -0.25) is 0 Å². The van der Waals surface area contributed by atoms with Crippen molar-refractivity contribution in [1.29, 1.82) is 0 Å². The number of methoxy groups -OCH3 is 2. The molecule has 0 saturated carbocycles. The molecular formula is C26H23NO4S. The number of benzene rings is 3. The molecule has 6 heteroatoms. The number of hydrogen-bond donors (Lipinski definition) is 0. The third kappa shape index (κ3) is 3.85. The lowest BCUT2D eigenvalue weighted by Crippen LogP contribution is -2.14. The normalized spacial score (nSPS) is 12.3. The van der Waals surface area contributed by atoms with Crippen LogP contribution in [0.2, 0.25) is 0 Å². The Morgan fingerprint density at radius 2 is 1.19 bits per heavy atom. The molecule has 5 rings (SSSR count). The average Bonchev–Trinajstić information content (AvgIpc) is 3.30. The highest BCUT2D eigenvalue weighted by Gasteiger charge is 2.20. The zero-order valence-corrected chi connectivity index (χ0v) is 18.7. The summed E-state index contributed by atoms with van der Waals surface area (Å²) in [5.41, 5.74) is 4.23. The van der Waals surface area contributed by atoms with Crippen LogP contribution in [0.3, 0.4) is 0 Å². The Balaban J connectivity index is 1.52. The van der Waals surface area contributed by atoms with Crippen molar-refractivity contribution in [2.45, 2.75) is 0 Å². The van der Waals surface area contributed by atoms with E-state index in [1.165, 1.54) is 0 Å². The van der Waals surface area contributed by atoms with Crippen LogP contribution in [0, 0.1) is 0 Å². The molecule has 32 heavy (non-hydrogen) atoms. The third-order valence-corrected chi connectivity index (χ3v) is 6.34. The van der Waals surface area contributed by atoms with E-state index in [1.54, 1.807) is 25.6 Å². The molecule has 0 amide bonds. The predicted molar refractivity (Wildman–Crippen MR) is 129 cm³/mol. The summed E-state index contributed by atoms with van der Waals surface area (Å²) >= 11 is 1.64. The molecule has 0 radical (unpaired) electrons. The minimum Gasteiger partial charge on any atom is -0.497 e. The summed E-state index contributed by atoms with van der Waals surface area (Å²) in [7, 11) is 3.35. The minimum absolute atomic E-state index is 0.581. The predicted octanol–water partition coefficient (Wildman–Crippen LogP) is 6.67. The smallest absolute Gasteiger partial charge is 0.179 e. The number of ether oxygens (including phenoxy) is 4. The van der Waals surface area contributed by atoms with Gasteiger partial charge in [0.05, 0.1) is 19.1 Å². The number of nitrogens with zero attached hydrogens (tertiary/aromatic N) is 1. The molecule has 1 aliphatic rings. The van der Waals surface area contributed by atoms with E-state index in [0.29, 0.717) is 13.2 Å². The lowest BCUT2D eigenvalue weighted by molar-refractivity contribution is 0.174. The molecule has 0 bridgehead atoms. The van der Waals surface area contributed by atoms with E-state index in [2.05, 4.69) is 53.4 Å². The second-order valence-corrected chi connectivity index (χ2v) is 8.11. The van der Waals surface area contributed by atoms with E-state index in [1.807, 2.05) is 29.6 Å². The van der Waals surface area contributed by atoms with Gasteiger partial charge in [-0.15, -0.1) is 11.3 Å². The Morgan fingerprint density at radius 1 is 0.688 bits per heavy atom. The van der Waals surface area contributed by atoms with E-state index in [9.17, 15) is 0 Å². The van der Waals surface area contributed by atoms with Gasteiger partial charge < -0.3 is 23.8 Å². The van der Waals surface area contributed by atoms with Crippen LogP contribution < -0.4 is 23.8 Å². The van der Waals surface area contributed by atoms with Gasteiger partial charge in [0.15, 0.2) is 11.5 Å². The summed E-state index contributed by atoms with van der Waals surface area (Å²) in [5.74, 6) is 3.32. The van der Waals surface area contributed by atoms with Crippen LogP contribution in [0.5, 0.6) is 23.0 Å². The van der Waals surface area contributed by atoms with Gasteiger partial charge in [-0.1, -0.05) is 12.1 Å². The average molecular weight is 446 g/mol. The minimum atomic E-state index is 0.581. The van der Waals surface area contributed by atoms with Gasteiger partial charge in [-0.05, 0) is 66.2 Å². The summed E-state index contributed by atoms with van der Waals surface area (Å²) in [6.07, 6.45) is 0. The molecule has 5 nitrogen and oxygen atoms in total. The number of thiophene rings is 1. The summed E-state index contributed by atoms with van der Waals surface area (Å²) < 4.78 is 22.2. The second-order valence-electron chi connectivity index (χ2n) is 7.23. The van der Waals surface area contributed by atoms with Gasteiger partial charge in [0.2, 0.25) is 0 Å². The molecule has 0 aliphatic carbocycles. The van der Waals surface area contributed by atoms with Crippen molar-refractivity contribution < 1.29 is 18.9 Å². The van der Waals surface area contributed by atoms with Gasteiger partial charge in [-0.2, -0.15) is 0 Å². The Labute approximate surface area is 191 Å². The van der Waals surface area contributed by atoms with Gasteiger partial charge in [0.25, 0.3) is 0 Å². The molecule has 162 valence electrons. The maximum atomic E-state index is 5.86. The highest BCUT2D eigenvalue weighted by Crippen LogP contribution is 2.46. The third-order valence-electron chi connectivity index (χ3n) is 5.35. The Bertz CT molecular complexity index is 1140. The van der Waals surface area contributed by atoms with Crippen LogP contribution in [-0.2, 0) is 0 Å². The maximum Gasteiger partial charge on any atom is 0.179 e. The van der Waals surface area contributed by atoms with Crippen molar-refractivity contribution in [3.05, 3.63) is 78.2 Å². The standard InChI is InChI=1S/C26H23NO4S/c1-28-22-11-7-20(8-12-22)27(21-9-13-23(29-2)14-10-21)19-5-3-18(4-6-19)26-25-24(17-32-26)30-15-16-31-25/h3-14,17H,15-16H2,1-2H3. The lowest BCUT2D eigenvalue weighted by Gasteiger charge is -2.26. The topological polar surface area (TPSA) is 40.2 Å². The highest BCUT2D eigenvalue weighted by atomic mass is 32.1. The van der Waals surface area contributed by atoms with Crippen molar-refractivity contribution in [2.75, 3.05) is 32.3 Å². The summed E-state index contributed by atoms with van der Waals surface area (Å²) in [4.78, 5) is 3.29. The number of fused-ring (bicyclic) bond motifs is 1. The quantitative estimate of drug-likeness (QED) is 0.331. The van der Waals surface area contributed by atoms with E-state index in [4.69, 9.17) is 18.9 Å². The Morgan fingerprint density at radius 3 is 1.72 bits per heavy atom. The first-order valence-electron chi connectivity index (χ1n) is 10.3. The lowest BCUT2D eigenvalue weighted by atomic mass is 10.1. The van der Waals surface area contributed by atoms with Gasteiger partial charge in [-0.25, -0.2) is 0 Å².